The monoisotopic (exact) mass is 345 g/mol. The van der Waals surface area contributed by atoms with Gasteiger partial charge in [0.1, 0.15) is 0 Å². The highest BCUT2D eigenvalue weighted by Crippen LogP contribution is 2.19. The molecule has 136 valence electrons. The van der Waals surface area contributed by atoms with Gasteiger partial charge in [0.05, 0.1) is 12.5 Å². The lowest BCUT2D eigenvalue weighted by Gasteiger charge is -2.25. The van der Waals surface area contributed by atoms with Crippen LogP contribution in [0.1, 0.15) is 43.9 Å². The molecule has 1 saturated heterocycles. The van der Waals surface area contributed by atoms with Crippen molar-refractivity contribution in [2.45, 2.75) is 39.7 Å². The second kappa shape index (κ2) is 8.65. The molecule has 0 spiro atoms. The van der Waals surface area contributed by atoms with Crippen molar-refractivity contribution in [1.82, 2.24) is 15.1 Å². The lowest BCUT2D eigenvalue weighted by molar-refractivity contribution is -0.133. The predicted octanol–water partition coefficient (Wildman–Crippen LogP) is 1.64. The lowest BCUT2D eigenvalue weighted by Crippen LogP contribution is -2.38. The van der Waals surface area contributed by atoms with Crippen LogP contribution in [-0.4, -0.2) is 53.7 Å². The van der Waals surface area contributed by atoms with Gasteiger partial charge in [-0.3, -0.25) is 14.4 Å². The Morgan fingerprint density at radius 1 is 1.00 bits per heavy atom. The zero-order valence-corrected chi connectivity index (χ0v) is 15.2. The maximum absolute atomic E-state index is 12.7. The molecule has 0 radical (unpaired) electrons. The van der Waals surface area contributed by atoms with E-state index in [2.05, 4.69) is 5.32 Å². The van der Waals surface area contributed by atoms with E-state index in [0.29, 0.717) is 26.2 Å². The average Bonchev–Trinajstić information content (AvgIpc) is 2.80. The van der Waals surface area contributed by atoms with Gasteiger partial charge < -0.3 is 15.1 Å². The summed E-state index contributed by atoms with van der Waals surface area (Å²) in [6.45, 7) is 7.45. The number of nitrogens with one attached hydrogen (secondary N) is 1. The van der Waals surface area contributed by atoms with Crippen LogP contribution in [0.3, 0.4) is 0 Å². The van der Waals surface area contributed by atoms with Gasteiger partial charge in [-0.15, -0.1) is 0 Å². The minimum absolute atomic E-state index is 0.00438. The van der Waals surface area contributed by atoms with Crippen molar-refractivity contribution in [1.29, 1.82) is 0 Å². The molecule has 1 aromatic rings. The van der Waals surface area contributed by atoms with E-state index in [4.69, 9.17) is 0 Å². The van der Waals surface area contributed by atoms with Crippen LogP contribution in [0.25, 0.3) is 0 Å². The largest absolute Gasteiger partial charge is 0.349 e. The molecule has 25 heavy (non-hydrogen) atoms. The van der Waals surface area contributed by atoms with Crippen molar-refractivity contribution in [3.05, 3.63) is 35.4 Å². The normalized spacial score (nSPS) is 16.1. The SMILES string of the molecule is CC(=O)NC(CC(=O)N1CCCN(C(C)=O)CC1)c1ccc(C)cc1. The molecule has 3 amide bonds. The van der Waals surface area contributed by atoms with Gasteiger partial charge in [0.15, 0.2) is 0 Å². The first-order chi connectivity index (χ1) is 11.9. The molecule has 1 atom stereocenters. The van der Waals surface area contributed by atoms with Crippen LogP contribution in [0, 0.1) is 6.92 Å². The Hall–Kier alpha value is -2.37. The molecule has 1 heterocycles. The van der Waals surface area contributed by atoms with E-state index >= 15 is 0 Å². The molecule has 1 aromatic carbocycles. The van der Waals surface area contributed by atoms with E-state index in [-0.39, 0.29) is 30.2 Å². The summed E-state index contributed by atoms with van der Waals surface area (Å²) >= 11 is 0. The third-order valence-electron chi connectivity index (χ3n) is 4.53. The van der Waals surface area contributed by atoms with Crippen molar-refractivity contribution in [2.24, 2.45) is 0 Å². The zero-order chi connectivity index (χ0) is 18.4. The Balaban J connectivity index is 2.04. The van der Waals surface area contributed by atoms with Crippen LogP contribution in [-0.2, 0) is 14.4 Å². The molecule has 1 fully saturated rings. The molecule has 6 nitrogen and oxygen atoms in total. The Bertz CT molecular complexity index is 627. The van der Waals surface area contributed by atoms with E-state index in [1.807, 2.05) is 31.2 Å². The molecule has 2 rings (SSSR count). The summed E-state index contributed by atoms with van der Waals surface area (Å²) in [6.07, 6.45) is 1.00. The summed E-state index contributed by atoms with van der Waals surface area (Å²) in [4.78, 5) is 39.4. The van der Waals surface area contributed by atoms with Gasteiger partial charge in [0.25, 0.3) is 0 Å². The number of aryl methyl sites for hydroxylation is 1. The van der Waals surface area contributed by atoms with Crippen LogP contribution < -0.4 is 5.32 Å². The fourth-order valence-electron chi connectivity index (χ4n) is 3.08. The highest BCUT2D eigenvalue weighted by molar-refractivity contribution is 5.79. The van der Waals surface area contributed by atoms with E-state index in [1.165, 1.54) is 6.92 Å². The van der Waals surface area contributed by atoms with Crippen molar-refractivity contribution >= 4 is 17.7 Å². The maximum Gasteiger partial charge on any atom is 0.225 e. The van der Waals surface area contributed by atoms with Crippen LogP contribution >= 0.6 is 0 Å². The van der Waals surface area contributed by atoms with Crippen molar-refractivity contribution in [3.8, 4) is 0 Å². The number of amides is 3. The molecule has 1 unspecified atom stereocenters. The lowest BCUT2D eigenvalue weighted by atomic mass is 10.0. The third-order valence-corrected chi connectivity index (χ3v) is 4.53. The molecule has 6 heteroatoms. The first-order valence-electron chi connectivity index (χ1n) is 8.74. The van der Waals surface area contributed by atoms with Gasteiger partial charge in [-0.25, -0.2) is 0 Å². The number of rotatable bonds is 4. The zero-order valence-electron chi connectivity index (χ0n) is 15.2. The maximum atomic E-state index is 12.7. The molecule has 0 bridgehead atoms. The average molecular weight is 345 g/mol. The predicted molar refractivity (Wildman–Crippen MR) is 95.8 cm³/mol. The first kappa shape index (κ1) is 19.0. The fraction of sp³-hybridized carbons (Fsp3) is 0.526. The molecule has 1 aliphatic rings. The van der Waals surface area contributed by atoms with Gasteiger partial charge in [0.2, 0.25) is 17.7 Å². The van der Waals surface area contributed by atoms with Crippen LogP contribution in [0.2, 0.25) is 0 Å². The molecule has 0 aliphatic carbocycles. The van der Waals surface area contributed by atoms with E-state index < -0.39 is 0 Å². The Morgan fingerprint density at radius 3 is 2.20 bits per heavy atom. The minimum atomic E-state index is -0.335. The van der Waals surface area contributed by atoms with Crippen molar-refractivity contribution in [2.75, 3.05) is 26.2 Å². The van der Waals surface area contributed by atoms with Crippen LogP contribution in [0.4, 0.5) is 0 Å². The second-order valence-corrected chi connectivity index (χ2v) is 6.61. The summed E-state index contributed by atoms with van der Waals surface area (Å²) < 4.78 is 0. The quantitative estimate of drug-likeness (QED) is 0.902. The number of carbonyl (C=O) groups excluding carboxylic acids is 3. The van der Waals surface area contributed by atoms with Gasteiger partial charge in [-0.1, -0.05) is 29.8 Å². The number of nitrogens with zero attached hydrogens (tertiary/aromatic N) is 2. The van der Waals surface area contributed by atoms with Crippen LogP contribution in [0.15, 0.2) is 24.3 Å². The smallest absolute Gasteiger partial charge is 0.225 e. The molecule has 0 aromatic heterocycles. The molecule has 1 N–H and O–H groups in total. The van der Waals surface area contributed by atoms with Crippen LogP contribution in [0.5, 0.6) is 0 Å². The summed E-state index contributed by atoms with van der Waals surface area (Å²) in [5.41, 5.74) is 2.06. The second-order valence-electron chi connectivity index (χ2n) is 6.61. The molecule has 1 aliphatic heterocycles. The van der Waals surface area contributed by atoms with Crippen molar-refractivity contribution < 1.29 is 14.4 Å². The van der Waals surface area contributed by atoms with Crippen molar-refractivity contribution in [3.63, 3.8) is 0 Å². The van der Waals surface area contributed by atoms with Gasteiger partial charge >= 0.3 is 0 Å². The highest BCUT2D eigenvalue weighted by atomic mass is 16.2. The molecular formula is C19H27N3O3. The number of carbonyl (C=O) groups is 3. The minimum Gasteiger partial charge on any atom is -0.349 e. The van der Waals surface area contributed by atoms with Gasteiger partial charge in [-0.05, 0) is 18.9 Å². The van der Waals surface area contributed by atoms with E-state index in [9.17, 15) is 14.4 Å². The van der Waals surface area contributed by atoms with E-state index in [1.54, 1.807) is 16.7 Å². The van der Waals surface area contributed by atoms with E-state index in [0.717, 1.165) is 17.5 Å². The van der Waals surface area contributed by atoms with Gasteiger partial charge in [-0.2, -0.15) is 0 Å². The number of benzene rings is 1. The Kier molecular flexibility index (Phi) is 6.56. The third kappa shape index (κ3) is 5.59. The summed E-state index contributed by atoms with van der Waals surface area (Å²) in [7, 11) is 0. The highest BCUT2D eigenvalue weighted by Gasteiger charge is 2.24. The Morgan fingerprint density at radius 2 is 1.60 bits per heavy atom. The first-order valence-corrected chi connectivity index (χ1v) is 8.74. The van der Waals surface area contributed by atoms with Gasteiger partial charge in [0, 0.05) is 40.0 Å². The summed E-state index contributed by atoms with van der Waals surface area (Å²) in [6, 6.07) is 7.51. The standard InChI is InChI=1S/C19H27N3O3/c1-14-5-7-17(8-6-14)18(20-15(2)23)13-19(25)22-10-4-9-21(11-12-22)16(3)24/h5-8,18H,4,9-13H2,1-3H3,(H,20,23). The molecular weight excluding hydrogens is 318 g/mol. The fourth-order valence-corrected chi connectivity index (χ4v) is 3.08. The number of hydrogen-bond acceptors (Lipinski definition) is 3. The molecule has 0 saturated carbocycles. The summed E-state index contributed by atoms with van der Waals surface area (Å²) in [5, 5.41) is 2.88. The topological polar surface area (TPSA) is 69.7 Å². The summed E-state index contributed by atoms with van der Waals surface area (Å²) in [5.74, 6) is -0.105. The Labute approximate surface area is 149 Å². The number of hydrogen-bond donors (Lipinski definition) is 1.